The molecule has 0 saturated carbocycles. The molecule has 1 amide bonds. The zero-order chi connectivity index (χ0) is 19.6. The number of hydrogen-bond acceptors (Lipinski definition) is 4. The highest BCUT2D eigenvalue weighted by atomic mass is 16.5. The molecule has 0 saturated heterocycles. The summed E-state index contributed by atoms with van der Waals surface area (Å²) in [7, 11) is 1.54. The van der Waals surface area contributed by atoms with Crippen molar-refractivity contribution >= 4 is 5.91 Å². The third-order valence-corrected chi connectivity index (χ3v) is 4.58. The summed E-state index contributed by atoms with van der Waals surface area (Å²) in [6.45, 7) is 5.81. The Morgan fingerprint density at radius 3 is 2.63 bits per heavy atom. The summed E-state index contributed by atoms with van der Waals surface area (Å²) in [4.78, 5) is 25.8. The van der Waals surface area contributed by atoms with Gasteiger partial charge in [0.05, 0.1) is 18.5 Å². The van der Waals surface area contributed by atoms with Crippen LogP contribution < -0.4 is 15.6 Å². The van der Waals surface area contributed by atoms with Crippen LogP contribution in [0.15, 0.2) is 41.3 Å². The number of aromatic amines is 1. The third kappa shape index (κ3) is 3.48. The van der Waals surface area contributed by atoms with Gasteiger partial charge in [0.1, 0.15) is 11.3 Å². The molecule has 7 heteroatoms. The van der Waals surface area contributed by atoms with E-state index in [1.54, 1.807) is 38.4 Å². The highest BCUT2D eigenvalue weighted by molar-refractivity contribution is 5.95. The molecule has 2 N–H and O–H groups in total. The number of amides is 1. The second kappa shape index (κ2) is 7.49. The Morgan fingerprint density at radius 1 is 1.22 bits per heavy atom. The maximum absolute atomic E-state index is 13.0. The Hall–Kier alpha value is -3.35. The van der Waals surface area contributed by atoms with Crippen LogP contribution in [0.4, 0.5) is 0 Å². The van der Waals surface area contributed by atoms with E-state index in [2.05, 4.69) is 15.5 Å². The first kappa shape index (κ1) is 18.4. The van der Waals surface area contributed by atoms with E-state index < -0.39 is 11.5 Å². The second-order valence-electron chi connectivity index (χ2n) is 6.32. The number of ether oxygens (including phenoxy) is 1. The van der Waals surface area contributed by atoms with Crippen LogP contribution in [0, 0.1) is 20.8 Å². The Labute approximate surface area is 157 Å². The van der Waals surface area contributed by atoms with Gasteiger partial charge in [-0.2, -0.15) is 5.10 Å². The van der Waals surface area contributed by atoms with Crippen molar-refractivity contribution in [2.75, 3.05) is 7.11 Å². The maximum atomic E-state index is 13.0. The summed E-state index contributed by atoms with van der Waals surface area (Å²) in [6.07, 6.45) is 1.65. The van der Waals surface area contributed by atoms with Crippen LogP contribution in [0.5, 0.6) is 5.75 Å². The molecule has 140 valence electrons. The lowest BCUT2D eigenvalue weighted by Crippen LogP contribution is -2.33. The second-order valence-corrected chi connectivity index (χ2v) is 6.32. The lowest BCUT2D eigenvalue weighted by molar-refractivity contribution is 0.0948. The molecule has 0 spiro atoms. The highest BCUT2D eigenvalue weighted by Gasteiger charge is 2.18. The van der Waals surface area contributed by atoms with E-state index in [1.165, 1.54) is 4.57 Å². The highest BCUT2D eigenvalue weighted by Crippen LogP contribution is 2.21. The summed E-state index contributed by atoms with van der Waals surface area (Å²) in [6, 6.07) is 8.93. The van der Waals surface area contributed by atoms with E-state index in [4.69, 9.17) is 4.74 Å². The summed E-state index contributed by atoms with van der Waals surface area (Å²) < 4.78 is 6.76. The molecule has 0 fully saturated rings. The Morgan fingerprint density at radius 2 is 1.96 bits per heavy atom. The molecule has 27 heavy (non-hydrogen) atoms. The normalized spacial score (nSPS) is 10.7. The van der Waals surface area contributed by atoms with Gasteiger partial charge in [-0.3, -0.25) is 19.3 Å². The lowest BCUT2D eigenvalue weighted by atomic mass is 10.1. The van der Waals surface area contributed by atoms with Gasteiger partial charge in [-0.05, 0) is 44.5 Å². The van der Waals surface area contributed by atoms with E-state index in [9.17, 15) is 9.59 Å². The quantitative estimate of drug-likeness (QED) is 0.726. The first-order valence-electron chi connectivity index (χ1n) is 8.58. The molecule has 0 atom stereocenters. The predicted octanol–water partition coefficient (Wildman–Crippen LogP) is 2.42. The molecule has 3 aromatic rings. The molecular formula is C20H22N4O3. The molecule has 0 radical (unpaired) electrons. The smallest absolute Gasteiger partial charge is 0.268 e. The summed E-state index contributed by atoms with van der Waals surface area (Å²) in [5.41, 5.74) is 3.56. The van der Waals surface area contributed by atoms with Crippen molar-refractivity contribution in [2.45, 2.75) is 27.3 Å². The van der Waals surface area contributed by atoms with E-state index in [0.29, 0.717) is 23.5 Å². The number of para-hydroxylation sites is 2. The minimum absolute atomic E-state index is 0.113. The van der Waals surface area contributed by atoms with Crippen molar-refractivity contribution < 1.29 is 9.53 Å². The van der Waals surface area contributed by atoms with E-state index in [-0.39, 0.29) is 5.56 Å². The van der Waals surface area contributed by atoms with Gasteiger partial charge < -0.3 is 10.1 Å². The van der Waals surface area contributed by atoms with Crippen molar-refractivity contribution in [3.8, 4) is 11.4 Å². The summed E-state index contributed by atoms with van der Waals surface area (Å²) in [5.74, 6) is 0.140. The SMILES string of the molecule is COc1ccccc1-n1ccc(C)c(C(=O)NCc2c(C)n[nH]c2C)c1=O. The summed E-state index contributed by atoms with van der Waals surface area (Å²) >= 11 is 0. The fourth-order valence-corrected chi connectivity index (χ4v) is 3.01. The maximum Gasteiger partial charge on any atom is 0.268 e. The standard InChI is InChI=1S/C20H22N4O3/c1-12-9-10-24(16-7-5-6-8-17(16)27-4)20(26)18(12)19(25)21-11-15-13(2)22-23-14(15)3/h5-10H,11H2,1-4H3,(H,21,25)(H,22,23). The molecule has 1 aromatic carbocycles. The number of methoxy groups -OCH3 is 1. The van der Waals surface area contributed by atoms with Gasteiger partial charge in [0.2, 0.25) is 0 Å². The predicted molar refractivity (Wildman–Crippen MR) is 103 cm³/mol. The Kier molecular flexibility index (Phi) is 5.12. The van der Waals surface area contributed by atoms with Crippen molar-refractivity contribution in [3.63, 3.8) is 0 Å². The number of benzene rings is 1. The number of pyridine rings is 1. The van der Waals surface area contributed by atoms with Crippen molar-refractivity contribution in [1.29, 1.82) is 0 Å². The number of hydrogen-bond donors (Lipinski definition) is 2. The van der Waals surface area contributed by atoms with Gasteiger partial charge >= 0.3 is 0 Å². The lowest BCUT2D eigenvalue weighted by Gasteiger charge is -2.13. The molecule has 3 rings (SSSR count). The molecule has 0 aliphatic carbocycles. The molecule has 0 unspecified atom stereocenters. The van der Waals surface area contributed by atoms with E-state index in [0.717, 1.165) is 17.0 Å². The average Bonchev–Trinajstić information content (AvgIpc) is 2.98. The molecule has 2 aromatic heterocycles. The van der Waals surface area contributed by atoms with Gasteiger partial charge in [0.25, 0.3) is 11.5 Å². The molecular weight excluding hydrogens is 344 g/mol. The van der Waals surface area contributed by atoms with Crippen LogP contribution in [-0.2, 0) is 6.54 Å². The Balaban J connectivity index is 1.96. The van der Waals surface area contributed by atoms with Crippen molar-refractivity contribution in [1.82, 2.24) is 20.1 Å². The minimum Gasteiger partial charge on any atom is -0.495 e. The van der Waals surface area contributed by atoms with Crippen molar-refractivity contribution in [2.24, 2.45) is 0 Å². The fraction of sp³-hybridized carbons (Fsp3) is 0.250. The first-order chi connectivity index (χ1) is 12.9. The van der Waals surface area contributed by atoms with E-state index in [1.807, 2.05) is 26.0 Å². The number of rotatable bonds is 5. The number of carbonyl (C=O) groups is 1. The largest absolute Gasteiger partial charge is 0.495 e. The Bertz CT molecular complexity index is 1030. The van der Waals surface area contributed by atoms with Gasteiger partial charge in [-0.15, -0.1) is 0 Å². The number of carbonyl (C=O) groups excluding carboxylic acids is 1. The molecule has 0 bridgehead atoms. The van der Waals surface area contributed by atoms with Crippen LogP contribution in [0.1, 0.15) is 32.9 Å². The van der Waals surface area contributed by atoms with Crippen LogP contribution in [-0.4, -0.2) is 27.8 Å². The van der Waals surface area contributed by atoms with Crippen LogP contribution in [0.2, 0.25) is 0 Å². The third-order valence-electron chi connectivity index (χ3n) is 4.58. The number of nitrogens with zero attached hydrogens (tertiary/aromatic N) is 2. The van der Waals surface area contributed by atoms with Gasteiger partial charge in [0.15, 0.2) is 0 Å². The van der Waals surface area contributed by atoms with Crippen LogP contribution in [0.25, 0.3) is 5.69 Å². The zero-order valence-corrected chi connectivity index (χ0v) is 15.8. The number of nitrogens with one attached hydrogen (secondary N) is 2. The number of H-pyrrole nitrogens is 1. The number of aromatic nitrogens is 3. The van der Waals surface area contributed by atoms with Crippen LogP contribution >= 0.6 is 0 Å². The summed E-state index contributed by atoms with van der Waals surface area (Å²) in [5, 5.41) is 9.83. The van der Waals surface area contributed by atoms with Gasteiger partial charge in [0, 0.05) is 24.0 Å². The zero-order valence-electron chi connectivity index (χ0n) is 15.8. The minimum atomic E-state index is -0.415. The van der Waals surface area contributed by atoms with Gasteiger partial charge in [-0.25, -0.2) is 0 Å². The van der Waals surface area contributed by atoms with Crippen LogP contribution in [0.3, 0.4) is 0 Å². The fourth-order valence-electron chi connectivity index (χ4n) is 3.01. The molecule has 0 aliphatic rings. The number of aryl methyl sites for hydroxylation is 3. The molecule has 0 aliphatic heterocycles. The van der Waals surface area contributed by atoms with Crippen molar-refractivity contribution in [3.05, 3.63) is 75.0 Å². The monoisotopic (exact) mass is 366 g/mol. The van der Waals surface area contributed by atoms with Gasteiger partial charge in [-0.1, -0.05) is 12.1 Å². The topological polar surface area (TPSA) is 89.0 Å². The molecule has 2 heterocycles. The average molecular weight is 366 g/mol. The molecule has 7 nitrogen and oxygen atoms in total. The van der Waals surface area contributed by atoms with E-state index >= 15 is 0 Å². The first-order valence-corrected chi connectivity index (χ1v) is 8.58.